The lowest BCUT2D eigenvalue weighted by atomic mass is 10.1. The van der Waals surface area contributed by atoms with Crippen LogP contribution in [0.1, 0.15) is 17.8 Å². The highest BCUT2D eigenvalue weighted by Crippen LogP contribution is 2.20. The molecule has 136 valence electrons. The quantitative estimate of drug-likeness (QED) is 0.713. The molecule has 1 aliphatic rings. The molecule has 1 aromatic heterocycles. The molecule has 7 nitrogen and oxygen atoms in total. The topological polar surface area (TPSA) is 99.7 Å². The second-order valence-corrected chi connectivity index (χ2v) is 6.00. The summed E-state index contributed by atoms with van der Waals surface area (Å²) >= 11 is 0. The highest BCUT2D eigenvalue weighted by molar-refractivity contribution is 6.03. The van der Waals surface area contributed by atoms with E-state index >= 15 is 0 Å². The minimum absolute atomic E-state index is 0.136. The predicted molar refractivity (Wildman–Crippen MR) is 96.2 cm³/mol. The van der Waals surface area contributed by atoms with Crippen LogP contribution in [0.2, 0.25) is 0 Å². The number of fused-ring (bicyclic) bond motifs is 1. The highest BCUT2D eigenvalue weighted by atomic mass is 19.1. The van der Waals surface area contributed by atoms with Crippen LogP contribution in [0, 0.1) is 5.82 Å². The van der Waals surface area contributed by atoms with E-state index in [1.165, 1.54) is 12.1 Å². The van der Waals surface area contributed by atoms with Gasteiger partial charge in [0, 0.05) is 17.4 Å². The van der Waals surface area contributed by atoms with Gasteiger partial charge in [0.25, 0.3) is 0 Å². The number of oxime groups is 1. The zero-order valence-electron chi connectivity index (χ0n) is 14.1. The number of ether oxygens (including phenoxy) is 1. The van der Waals surface area contributed by atoms with E-state index in [1.54, 1.807) is 18.2 Å². The van der Waals surface area contributed by atoms with Gasteiger partial charge in [-0.2, -0.15) is 0 Å². The highest BCUT2D eigenvalue weighted by Gasteiger charge is 2.30. The molecule has 0 aliphatic carbocycles. The average Bonchev–Trinajstić information content (AvgIpc) is 3.17. The first kappa shape index (κ1) is 16.9. The van der Waals surface area contributed by atoms with Gasteiger partial charge in [-0.05, 0) is 24.3 Å². The van der Waals surface area contributed by atoms with Crippen molar-refractivity contribution in [2.45, 2.75) is 19.1 Å². The molecule has 2 aromatic carbocycles. The van der Waals surface area contributed by atoms with E-state index in [4.69, 9.17) is 15.3 Å². The van der Waals surface area contributed by atoms with Crippen LogP contribution < -0.4 is 5.73 Å². The number of nitrogens with zero attached hydrogens (tertiary/aromatic N) is 3. The van der Waals surface area contributed by atoms with Gasteiger partial charge in [-0.25, -0.2) is 19.2 Å². The van der Waals surface area contributed by atoms with E-state index < -0.39 is 12.1 Å². The summed E-state index contributed by atoms with van der Waals surface area (Å²) in [7, 11) is 0. The Hall–Kier alpha value is -3.55. The van der Waals surface area contributed by atoms with Crippen molar-refractivity contribution in [2.75, 3.05) is 5.73 Å². The Morgan fingerprint density at radius 1 is 1.22 bits per heavy atom. The number of hydrogen-bond acceptors (Lipinski definition) is 7. The van der Waals surface area contributed by atoms with Crippen LogP contribution >= 0.6 is 0 Å². The van der Waals surface area contributed by atoms with Gasteiger partial charge in [-0.3, -0.25) is 0 Å². The number of carbonyl (C=O) groups is 1. The van der Waals surface area contributed by atoms with Crippen LogP contribution in [0.25, 0.3) is 10.9 Å². The van der Waals surface area contributed by atoms with Gasteiger partial charge < -0.3 is 15.3 Å². The van der Waals surface area contributed by atoms with Crippen molar-refractivity contribution in [1.29, 1.82) is 0 Å². The number of para-hydroxylation sites is 1. The maximum Gasteiger partial charge on any atom is 0.351 e. The van der Waals surface area contributed by atoms with Gasteiger partial charge in [-0.1, -0.05) is 29.4 Å². The van der Waals surface area contributed by atoms with Gasteiger partial charge in [0.05, 0.1) is 11.2 Å². The molecule has 0 bridgehead atoms. The number of benzene rings is 2. The summed E-state index contributed by atoms with van der Waals surface area (Å²) in [6, 6.07) is 13.2. The predicted octanol–water partition coefficient (Wildman–Crippen LogP) is 2.59. The van der Waals surface area contributed by atoms with Crippen molar-refractivity contribution in [2.24, 2.45) is 5.16 Å². The lowest BCUT2D eigenvalue weighted by Gasteiger charge is -2.09. The van der Waals surface area contributed by atoms with Gasteiger partial charge >= 0.3 is 5.97 Å². The average molecular weight is 366 g/mol. The lowest BCUT2D eigenvalue weighted by molar-refractivity contribution is -0.157. The molecule has 0 amide bonds. The number of aromatic nitrogens is 2. The van der Waals surface area contributed by atoms with Crippen LogP contribution in [0.5, 0.6) is 0 Å². The summed E-state index contributed by atoms with van der Waals surface area (Å²) in [4.78, 5) is 25.8. The van der Waals surface area contributed by atoms with E-state index in [0.717, 1.165) is 5.39 Å². The molecule has 1 atom stereocenters. The zero-order chi connectivity index (χ0) is 18.8. The Balaban J connectivity index is 1.39. The first-order valence-electron chi connectivity index (χ1n) is 8.26. The molecule has 0 fully saturated rings. The number of hydrogen-bond donors (Lipinski definition) is 1. The zero-order valence-corrected chi connectivity index (χ0v) is 14.1. The molecule has 2 heterocycles. The Morgan fingerprint density at radius 3 is 2.93 bits per heavy atom. The van der Waals surface area contributed by atoms with Crippen LogP contribution in [0.3, 0.4) is 0 Å². The van der Waals surface area contributed by atoms with Gasteiger partial charge in [0.15, 0.2) is 12.4 Å². The number of nitrogen functional groups attached to an aromatic ring is 1. The minimum Gasteiger partial charge on any atom is -0.455 e. The fraction of sp³-hybridized carbons (Fsp3) is 0.158. The molecule has 8 heteroatoms. The second-order valence-electron chi connectivity index (χ2n) is 6.00. The summed E-state index contributed by atoms with van der Waals surface area (Å²) in [5.41, 5.74) is 7.64. The molecule has 4 rings (SSSR count). The van der Waals surface area contributed by atoms with E-state index in [2.05, 4.69) is 15.1 Å². The standard InChI is InChI=1S/C19H15FN4O3/c20-12-5-3-4-11(8-12)15-9-16(27-24-15)19(25)26-10-17-22-14-7-2-1-6-13(14)18(21)23-17/h1-8,16H,9-10H2,(H2,21,22,23). The molecule has 0 saturated heterocycles. The smallest absolute Gasteiger partial charge is 0.351 e. The molecule has 2 N–H and O–H groups in total. The van der Waals surface area contributed by atoms with E-state index in [1.807, 2.05) is 18.2 Å². The molecule has 1 aliphatic heterocycles. The fourth-order valence-corrected chi connectivity index (χ4v) is 2.79. The summed E-state index contributed by atoms with van der Waals surface area (Å²) in [6.45, 7) is -0.136. The largest absolute Gasteiger partial charge is 0.455 e. The summed E-state index contributed by atoms with van der Waals surface area (Å²) < 4.78 is 18.5. The number of nitrogens with two attached hydrogens (primary N) is 1. The van der Waals surface area contributed by atoms with Crippen LogP contribution in [0.4, 0.5) is 10.2 Å². The van der Waals surface area contributed by atoms with E-state index in [0.29, 0.717) is 28.4 Å². The third kappa shape index (κ3) is 3.55. The number of carbonyl (C=O) groups excluding carboxylic acids is 1. The minimum atomic E-state index is -0.888. The third-order valence-electron chi connectivity index (χ3n) is 4.11. The summed E-state index contributed by atoms with van der Waals surface area (Å²) in [6.07, 6.45) is -0.690. The number of rotatable bonds is 4. The monoisotopic (exact) mass is 366 g/mol. The molecule has 0 radical (unpaired) electrons. The molecule has 0 spiro atoms. The van der Waals surface area contributed by atoms with Crippen molar-refractivity contribution < 1.29 is 18.8 Å². The molecular formula is C19H15FN4O3. The van der Waals surface area contributed by atoms with Crippen LogP contribution in [-0.2, 0) is 21.0 Å². The molecule has 0 saturated carbocycles. The van der Waals surface area contributed by atoms with E-state index in [-0.39, 0.29) is 18.8 Å². The number of anilines is 1. The van der Waals surface area contributed by atoms with Crippen LogP contribution in [0.15, 0.2) is 53.7 Å². The van der Waals surface area contributed by atoms with Gasteiger partial charge in [0.2, 0.25) is 6.10 Å². The number of esters is 1. The van der Waals surface area contributed by atoms with Crippen molar-refractivity contribution >= 4 is 28.4 Å². The molecular weight excluding hydrogens is 351 g/mol. The van der Waals surface area contributed by atoms with Crippen molar-refractivity contribution in [3.8, 4) is 0 Å². The first-order valence-corrected chi connectivity index (χ1v) is 8.26. The summed E-state index contributed by atoms with van der Waals surface area (Å²) in [5, 5.41) is 4.59. The van der Waals surface area contributed by atoms with Crippen molar-refractivity contribution in [3.63, 3.8) is 0 Å². The molecule has 27 heavy (non-hydrogen) atoms. The first-order chi connectivity index (χ1) is 13.1. The van der Waals surface area contributed by atoms with E-state index in [9.17, 15) is 9.18 Å². The maximum absolute atomic E-state index is 13.3. The normalized spacial score (nSPS) is 16.0. The lowest BCUT2D eigenvalue weighted by Crippen LogP contribution is -2.24. The Morgan fingerprint density at radius 2 is 2.07 bits per heavy atom. The van der Waals surface area contributed by atoms with Crippen molar-refractivity contribution in [3.05, 3.63) is 65.7 Å². The SMILES string of the molecule is Nc1nc(COC(=O)C2CC(c3cccc(F)c3)=NO2)nc2ccccc12. The van der Waals surface area contributed by atoms with Gasteiger partial charge in [-0.15, -0.1) is 0 Å². The van der Waals surface area contributed by atoms with Crippen LogP contribution in [-0.4, -0.2) is 27.8 Å². The van der Waals surface area contributed by atoms with Gasteiger partial charge in [0.1, 0.15) is 11.6 Å². The Kier molecular flexibility index (Phi) is 4.37. The molecule has 1 unspecified atom stereocenters. The summed E-state index contributed by atoms with van der Waals surface area (Å²) in [5.74, 6) is -0.364. The Labute approximate surface area is 153 Å². The Bertz CT molecular complexity index is 1050. The van der Waals surface area contributed by atoms with Crippen molar-refractivity contribution in [1.82, 2.24) is 9.97 Å². The maximum atomic E-state index is 13.3. The second kappa shape index (κ2) is 6.99. The fourth-order valence-electron chi connectivity index (χ4n) is 2.79. The number of halogens is 1. The molecule has 3 aromatic rings. The third-order valence-corrected chi connectivity index (χ3v) is 4.11.